The number of aromatic nitrogens is 2. The van der Waals surface area contributed by atoms with Crippen molar-refractivity contribution in [1.82, 2.24) is 15.1 Å². The van der Waals surface area contributed by atoms with Gasteiger partial charge in [-0.1, -0.05) is 29.8 Å². The first-order chi connectivity index (χ1) is 13.1. The lowest BCUT2D eigenvalue weighted by Crippen LogP contribution is -2.25. The number of benzene rings is 1. The van der Waals surface area contributed by atoms with E-state index in [-0.39, 0.29) is 11.8 Å². The summed E-state index contributed by atoms with van der Waals surface area (Å²) in [7, 11) is 0. The SMILES string of the molecule is O=C(CCCNC(=O)c1cccs1)Nc1ccnn1Cc1ccc(Cl)cc1. The van der Waals surface area contributed by atoms with Gasteiger partial charge < -0.3 is 10.6 Å². The summed E-state index contributed by atoms with van der Waals surface area (Å²) in [5.74, 6) is 0.419. The van der Waals surface area contributed by atoms with Gasteiger partial charge in [0.15, 0.2) is 0 Å². The second-order valence-electron chi connectivity index (χ2n) is 5.89. The predicted molar refractivity (Wildman–Crippen MR) is 107 cm³/mol. The summed E-state index contributed by atoms with van der Waals surface area (Å²) < 4.78 is 1.72. The van der Waals surface area contributed by atoms with E-state index < -0.39 is 0 Å². The van der Waals surface area contributed by atoms with Crippen molar-refractivity contribution in [3.8, 4) is 0 Å². The number of carbonyl (C=O) groups is 2. The van der Waals surface area contributed by atoms with Gasteiger partial charge in [-0.3, -0.25) is 9.59 Å². The maximum atomic E-state index is 12.2. The molecule has 0 unspecified atom stereocenters. The van der Waals surface area contributed by atoms with Crippen LogP contribution >= 0.6 is 22.9 Å². The maximum absolute atomic E-state index is 12.2. The molecule has 0 saturated heterocycles. The number of nitrogens with zero attached hydrogens (tertiary/aromatic N) is 2. The van der Waals surface area contributed by atoms with Crippen LogP contribution < -0.4 is 10.6 Å². The first kappa shape index (κ1) is 19.1. The molecule has 0 bridgehead atoms. The second-order valence-corrected chi connectivity index (χ2v) is 7.27. The zero-order valence-electron chi connectivity index (χ0n) is 14.5. The summed E-state index contributed by atoms with van der Waals surface area (Å²) in [4.78, 5) is 24.6. The van der Waals surface area contributed by atoms with Gasteiger partial charge in [0.05, 0.1) is 17.6 Å². The lowest BCUT2D eigenvalue weighted by molar-refractivity contribution is -0.116. The van der Waals surface area contributed by atoms with Gasteiger partial charge in [0.2, 0.25) is 5.91 Å². The van der Waals surface area contributed by atoms with Crippen molar-refractivity contribution in [3.05, 3.63) is 69.5 Å². The zero-order chi connectivity index (χ0) is 19.1. The fraction of sp³-hybridized carbons (Fsp3) is 0.211. The Kier molecular flexibility index (Phi) is 6.62. The van der Waals surface area contributed by atoms with E-state index in [1.165, 1.54) is 11.3 Å². The molecule has 0 atom stereocenters. The minimum Gasteiger partial charge on any atom is -0.351 e. The molecule has 2 heterocycles. The van der Waals surface area contributed by atoms with E-state index in [4.69, 9.17) is 11.6 Å². The number of hydrogen-bond donors (Lipinski definition) is 2. The van der Waals surface area contributed by atoms with Crippen LogP contribution in [-0.2, 0) is 11.3 Å². The topological polar surface area (TPSA) is 76.0 Å². The third kappa shape index (κ3) is 5.67. The molecule has 6 nitrogen and oxygen atoms in total. The monoisotopic (exact) mass is 402 g/mol. The van der Waals surface area contributed by atoms with Crippen LogP contribution in [0.1, 0.15) is 28.1 Å². The van der Waals surface area contributed by atoms with Gasteiger partial charge >= 0.3 is 0 Å². The molecule has 1 aromatic carbocycles. The molecular weight excluding hydrogens is 384 g/mol. The van der Waals surface area contributed by atoms with Crippen molar-refractivity contribution in [2.24, 2.45) is 0 Å². The Labute approximate surface area is 166 Å². The third-order valence-corrected chi connectivity index (χ3v) is 4.96. The Hall–Kier alpha value is -2.64. The van der Waals surface area contributed by atoms with Crippen molar-refractivity contribution in [2.75, 3.05) is 11.9 Å². The van der Waals surface area contributed by atoms with E-state index in [2.05, 4.69) is 15.7 Å². The van der Waals surface area contributed by atoms with Gasteiger partial charge in [-0.25, -0.2) is 4.68 Å². The van der Waals surface area contributed by atoms with Crippen LogP contribution in [0.3, 0.4) is 0 Å². The van der Waals surface area contributed by atoms with Gasteiger partial charge in [-0.15, -0.1) is 11.3 Å². The summed E-state index contributed by atoms with van der Waals surface area (Å²) in [5, 5.41) is 12.5. The average Bonchev–Trinajstić information content (AvgIpc) is 3.33. The molecule has 3 rings (SSSR count). The van der Waals surface area contributed by atoms with E-state index >= 15 is 0 Å². The summed E-state index contributed by atoms with van der Waals surface area (Å²) in [6, 6.07) is 12.9. The van der Waals surface area contributed by atoms with Crippen LogP contribution in [0.15, 0.2) is 54.0 Å². The number of rotatable bonds is 8. The highest BCUT2D eigenvalue weighted by Gasteiger charge is 2.09. The Balaban J connectivity index is 1.44. The molecule has 2 amide bonds. The number of thiophene rings is 1. The van der Waals surface area contributed by atoms with E-state index in [1.807, 2.05) is 35.7 Å². The highest BCUT2D eigenvalue weighted by Crippen LogP contribution is 2.14. The molecular formula is C19H19ClN4O2S. The van der Waals surface area contributed by atoms with Gasteiger partial charge in [0.1, 0.15) is 5.82 Å². The molecule has 140 valence electrons. The van der Waals surface area contributed by atoms with Crippen molar-refractivity contribution in [2.45, 2.75) is 19.4 Å². The van der Waals surface area contributed by atoms with Crippen molar-refractivity contribution >= 4 is 40.6 Å². The number of halogens is 1. The fourth-order valence-corrected chi connectivity index (χ4v) is 3.24. The molecule has 0 radical (unpaired) electrons. The van der Waals surface area contributed by atoms with Gasteiger partial charge in [0.25, 0.3) is 5.91 Å². The first-order valence-electron chi connectivity index (χ1n) is 8.49. The Morgan fingerprint density at radius 2 is 1.96 bits per heavy atom. The quantitative estimate of drug-likeness (QED) is 0.563. The number of nitrogens with one attached hydrogen (secondary N) is 2. The Bertz CT molecular complexity index is 891. The van der Waals surface area contributed by atoms with Crippen molar-refractivity contribution < 1.29 is 9.59 Å². The van der Waals surface area contributed by atoms with Crippen molar-refractivity contribution in [1.29, 1.82) is 0 Å². The molecule has 0 spiro atoms. The molecule has 27 heavy (non-hydrogen) atoms. The van der Waals surface area contributed by atoms with Crippen LogP contribution in [0.4, 0.5) is 5.82 Å². The fourth-order valence-electron chi connectivity index (χ4n) is 2.48. The van der Waals surface area contributed by atoms with E-state index in [0.717, 1.165) is 5.56 Å². The molecule has 2 N–H and O–H groups in total. The van der Waals surface area contributed by atoms with Crippen LogP contribution in [0.2, 0.25) is 5.02 Å². The lowest BCUT2D eigenvalue weighted by atomic mass is 10.2. The minimum atomic E-state index is -0.113. The molecule has 0 aliphatic heterocycles. The molecule has 0 fully saturated rings. The zero-order valence-corrected chi connectivity index (χ0v) is 16.1. The predicted octanol–water partition coefficient (Wildman–Crippen LogP) is 3.80. The summed E-state index contributed by atoms with van der Waals surface area (Å²) in [6.45, 7) is 0.991. The molecule has 0 aliphatic carbocycles. The highest BCUT2D eigenvalue weighted by molar-refractivity contribution is 7.12. The number of carbonyl (C=O) groups excluding carboxylic acids is 2. The largest absolute Gasteiger partial charge is 0.351 e. The number of amides is 2. The van der Waals surface area contributed by atoms with Crippen LogP contribution in [-0.4, -0.2) is 28.1 Å². The smallest absolute Gasteiger partial charge is 0.261 e. The molecule has 0 saturated carbocycles. The van der Waals surface area contributed by atoms with Crippen LogP contribution in [0.5, 0.6) is 0 Å². The molecule has 0 aliphatic rings. The summed E-state index contributed by atoms with van der Waals surface area (Å²) >= 11 is 7.29. The van der Waals surface area contributed by atoms with E-state index in [9.17, 15) is 9.59 Å². The molecule has 2 aromatic heterocycles. The lowest BCUT2D eigenvalue weighted by Gasteiger charge is -2.09. The number of anilines is 1. The third-order valence-electron chi connectivity index (χ3n) is 3.84. The molecule has 8 heteroatoms. The summed E-state index contributed by atoms with van der Waals surface area (Å²) in [6.07, 6.45) is 2.53. The first-order valence-corrected chi connectivity index (χ1v) is 9.75. The van der Waals surface area contributed by atoms with E-state index in [0.29, 0.717) is 41.6 Å². The van der Waals surface area contributed by atoms with E-state index in [1.54, 1.807) is 23.0 Å². The van der Waals surface area contributed by atoms with Crippen LogP contribution in [0.25, 0.3) is 0 Å². The molecule has 3 aromatic rings. The van der Waals surface area contributed by atoms with Gasteiger partial charge in [-0.2, -0.15) is 5.10 Å². The normalized spacial score (nSPS) is 10.6. The maximum Gasteiger partial charge on any atom is 0.261 e. The van der Waals surface area contributed by atoms with Crippen molar-refractivity contribution in [3.63, 3.8) is 0 Å². The average molecular weight is 403 g/mol. The van der Waals surface area contributed by atoms with Gasteiger partial charge in [-0.05, 0) is 35.6 Å². The highest BCUT2D eigenvalue weighted by atomic mass is 35.5. The second kappa shape index (κ2) is 9.34. The standard InChI is InChI=1S/C19H19ClN4O2S/c20-15-7-5-14(6-8-15)13-24-17(9-11-22-24)23-18(25)4-1-10-21-19(26)16-3-2-12-27-16/h2-3,5-9,11-12H,1,4,10,13H2,(H,21,26)(H,23,25). The number of hydrogen-bond acceptors (Lipinski definition) is 4. The summed E-state index contributed by atoms with van der Waals surface area (Å²) in [5.41, 5.74) is 1.04. The minimum absolute atomic E-state index is 0.105. The Morgan fingerprint density at radius 3 is 2.70 bits per heavy atom. The van der Waals surface area contributed by atoms with Crippen LogP contribution in [0, 0.1) is 0 Å². The van der Waals surface area contributed by atoms with Gasteiger partial charge in [0, 0.05) is 24.1 Å². The Morgan fingerprint density at radius 1 is 1.15 bits per heavy atom.